The maximum absolute atomic E-state index is 12.7. The number of nitrogens with one attached hydrogen (secondary N) is 1. The molecule has 7 heteroatoms. The molecule has 0 aliphatic heterocycles. The van der Waals surface area contributed by atoms with E-state index in [1.54, 1.807) is 0 Å². The fourth-order valence-electron chi connectivity index (χ4n) is 7.39. The van der Waals surface area contributed by atoms with Crippen molar-refractivity contribution in [2.45, 2.75) is 270 Å². The summed E-state index contributed by atoms with van der Waals surface area (Å²) in [7, 11) is 0. The summed E-state index contributed by atoms with van der Waals surface area (Å²) in [5.41, 5.74) is 5.48. The molecule has 4 N–H and O–H groups in total. The van der Waals surface area contributed by atoms with Gasteiger partial charge >= 0.3 is 11.9 Å². The lowest BCUT2D eigenvalue weighted by Gasteiger charge is -2.18. The molecule has 7 nitrogen and oxygen atoms in total. The van der Waals surface area contributed by atoms with Crippen LogP contribution in [0.3, 0.4) is 0 Å². The molecule has 0 aromatic rings. The van der Waals surface area contributed by atoms with Crippen molar-refractivity contribution >= 4 is 17.8 Å². The third-order valence-electron chi connectivity index (χ3n) is 10.9. The average molecular weight is 751 g/mol. The van der Waals surface area contributed by atoms with E-state index >= 15 is 0 Å². The summed E-state index contributed by atoms with van der Waals surface area (Å²) in [6.07, 6.45) is 44.6. The van der Waals surface area contributed by atoms with Crippen LogP contribution in [0.25, 0.3) is 0 Å². The number of unbranched alkanes of at least 4 members (excludes halogenated alkanes) is 29. The van der Waals surface area contributed by atoms with Gasteiger partial charge in [0.05, 0.1) is 0 Å². The first-order valence-corrected chi connectivity index (χ1v) is 23.4. The van der Waals surface area contributed by atoms with Crippen LogP contribution in [0.4, 0.5) is 0 Å². The van der Waals surface area contributed by atoms with Crippen molar-refractivity contribution in [3.63, 3.8) is 0 Å². The molecule has 0 radical (unpaired) electrons. The van der Waals surface area contributed by atoms with Crippen LogP contribution in [0.1, 0.15) is 258 Å². The van der Waals surface area contributed by atoms with E-state index in [1.165, 1.54) is 161 Å². The summed E-state index contributed by atoms with van der Waals surface area (Å²) in [4.78, 5) is 36.3. The second-order valence-electron chi connectivity index (χ2n) is 16.2. The molecule has 0 spiro atoms. The molecule has 0 saturated heterocycles. The summed E-state index contributed by atoms with van der Waals surface area (Å²) >= 11 is 0. The van der Waals surface area contributed by atoms with Crippen LogP contribution in [0.15, 0.2) is 0 Å². The van der Waals surface area contributed by atoms with Crippen LogP contribution in [0.2, 0.25) is 0 Å². The molecule has 0 aromatic heterocycles. The van der Waals surface area contributed by atoms with Crippen LogP contribution in [-0.2, 0) is 19.1 Å². The number of aliphatic carboxylic acids is 1. The maximum atomic E-state index is 12.7. The number of hydrogen-bond donors (Lipinski definition) is 3. The number of esters is 1. The van der Waals surface area contributed by atoms with E-state index in [9.17, 15) is 19.5 Å². The first-order valence-electron chi connectivity index (χ1n) is 23.4. The van der Waals surface area contributed by atoms with Crippen LogP contribution < -0.4 is 11.1 Å². The van der Waals surface area contributed by atoms with Gasteiger partial charge in [-0.25, -0.2) is 4.79 Å². The van der Waals surface area contributed by atoms with Crippen molar-refractivity contribution in [1.29, 1.82) is 0 Å². The number of amides is 1. The molecule has 2 unspecified atom stereocenters. The fourth-order valence-corrected chi connectivity index (χ4v) is 7.39. The van der Waals surface area contributed by atoms with E-state index in [4.69, 9.17) is 10.5 Å². The molecule has 0 bridgehead atoms. The van der Waals surface area contributed by atoms with Gasteiger partial charge in [0.15, 0.2) is 0 Å². The van der Waals surface area contributed by atoms with Gasteiger partial charge in [0.2, 0.25) is 5.91 Å². The van der Waals surface area contributed by atoms with Crippen molar-refractivity contribution in [1.82, 2.24) is 5.32 Å². The highest BCUT2D eigenvalue weighted by Gasteiger charge is 2.19. The average Bonchev–Trinajstić information content (AvgIpc) is 3.14. The van der Waals surface area contributed by atoms with Gasteiger partial charge in [0, 0.05) is 12.8 Å². The monoisotopic (exact) mass is 751 g/mol. The first-order chi connectivity index (χ1) is 25.9. The Kier molecular flexibility index (Phi) is 40.3. The zero-order valence-electron chi connectivity index (χ0n) is 35.4. The Morgan fingerprint density at radius 2 is 0.811 bits per heavy atom. The predicted molar refractivity (Wildman–Crippen MR) is 225 cm³/mol. The quantitative estimate of drug-likeness (QED) is 0.0422. The van der Waals surface area contributed by atoms with Gasteiger partial charge < -0.3 is 20.9 Å². The van der Waals surface area contributed by atoms with Gasteiger partial charge in [0.1, 0.15) is 12.1 Å². The molecular weight excluding hydrogens is 661 g/mol. The van der Waals surface area contributed by atoms with Gasteiger partial charge in [-0.05, 0) is 57.9 Å². The zero-order valence-corrected chi connectivity index (χ0v) is 35.4. The SMILES string of the molecule is CCCCCCCCCCCCCCCCCCCCCCCCC(=O)OC(CCCCCCCC)CCCCCCC(=O)NC(CCCN)C(=O)O. The molecule has 0 aliphatic carbocycles. The Morgan fingerprint density at radius 1 is 0.472 bits per heavy atom. The van der Waals surface area contributed by atoms with E-state index in [1.807, 2.05) is 0 Å². The predicted octanol–water partition coefficient (Wildman–Crippen LogP) is 13.3. The van der Waals surface area contributed by atoms with Gasteiger partial charge in [-0.1, -0.05) is 194 Å². The minimum atomic E-state index is -1.01. The highest BCUT2D eigenvalue weighted by atomic mass is 16.5. The Morgan fingerprint density at radius 3 is 1.17 bits per heavy atom. The summed E-state index contributed by atoms with van der Waals surface area (Å²) in [6.45, 7) is 4.94. The van der Waals surface area contributed by atoms with Crippen LogP contribution in [0.5, 0.6) is 0 Å². The first kappa shape index (κ1) is 51.4. The molecule has 314 valence electrons. The molecule has 0 heterocycles. The molecule has 0 fully saturated rings. The smallest absolute Gasteiger partial charge is 0.326 e. The van der Waals surface area contributed by atoms with Crippen LogP contribution >= 0.6 is 0 Å². The number of hydrogen-bond acceptors (Lipinski definition) is 5. The van der Waals surface area contributed by atoms with Gasteiger partial charge in [-0.3, -0.25) is 9.59 Å². The summed E-state index contributed by atoms with van der Waals surface area (Å²) in [5, 5.41) is 11.9. The van der Waals surface area contributed by atoms with Crippen molar-refractivity contribution in [2.75, 3.05) is 6.54 Å². The van der Waals surface area contributed by atoms with Crippen molar-refractivity contribution in [2.24, 2.45) is 5.73 Å². The number of ether oxygens (including phenoxy) is 1. The van der Waals surface area contributed by atoms with E-state index in [2.05, 4.69) is 19.2 Å². The lowest BCUT2D eigenvalue weighted by molar-refractivity contribution is -0.150. The second kappa shape index (κ2) is 41.5. The standard InChI is InChI=1S/C46H90N2O5/c1-3-5-7-9-11-12-13-14-15-16-17-18-19-20-21-22-23-24-25-26-28-34-40-45(50)53-42(36-31-27-10-8-6-4-2)37-32-29-30-33-39-44(49)48-43(46(51)52)38-35-41-47/h42-43H,3-41,47H2,1-2H3,(H,48,49)(H,51,52). The Bertz CT molecular complexity index is 807. The lowest BCUT2D eigenvalue weighted by atomic mass is 10.0. The highest BCUT2D eigenvalue weighted by molar-refractivity contribution is 5.83. The molecule has 0 aromatic carbocycles. The third kappa shape index (κ3) is 38.4. The van der Waals surface area contributed by atoms with E-state index in [-0.39, 0.29) is 18.0 Å². The number of carbonyl (C=O) groups excluding carboxylic acids is 2. The van der Waals surface area contributed by atoms with E-state index < -0.39 is 12.0 Å². The zero-order chi connectivity index (χ0) is 38.9. The topological polar surface area (TPSA) is 119 Å². The van der Waals surface area contributed by atoms with E-state index in [0.717, 1.165) is 57.8 Å². The van der Waals surface area contributed by atoms with Gasteiger partial charge in [-0.15, -0.1) is 0 Å². The van der Waals surface area contributed by atoms with Crippen LogP contribution in [0, 0.1) is 0 Å². The van der Waals surface area contributed by atoms with Gasteiger partial charge in [-0.2, -0.15) is 0 Å². The second-order valence-corrected chi connectivity index (χ2v) is 16.2. The molecule has 53 heavy (non-hydrogen) atoms. The van der Waals surface area contributed by atoms with Gasteiger partial charge in [0.25, 0.3) is 0 Å². The van der Waals surface area contributed by atoms with Crippen molar-refractivity contribution < 1.29 is 24.2 Å². The summed E-state index contributed by atoms with van der Waals surface area (Å²) < 4.78 is 6.00. The highest BCUT2D eigenvalue weighted by Crippen LogP contribution is 2.19. The minimum absolute atomic E-state index is 0.00411. The number of carbonyl (C=O) groups is 3. The number of carboxylic acids is 1. The normalized spacial score (nSPS) is 12.5. The third-order valence-corrected chi connectivity index (χ3v) is 10.9. The molecule has 2 atom stereocenters. The number of carboxylic acid groups (broad SMARTS) is 1. The summed E-state index contributed by atoms with van der Waals surface area (Å²) in [5.74, 6) is -1.25. The Labute approximate surface area is 328 Å². The van der Waals surface area contributed by atoms with Crippen molar-refractivity contribution in [3.8, 4) is 0 Å². The van der Waals surface area contributed by atoms with Crippen molar-refractivity contribution in [3.05, 3.63) is 0 Å². The minimum Gasteiger partial charge on any atom is -0.480 e. The number of nitrogens with two attached hydrogens (primary N) is 1. The summed E-state index contributed by atoms with van der Waals surface area (Å²) in [6, 6.07) is -0.859. The maximum Gasteiger partial charge on any atom is 0.326 e. The lowest BCUT2D eigenvalue weighted by Crippen LogP contribution is -2.40. The molecule has 0 saturated carbocycles. The fraction of sp³-hybridized carbons (Fsp3) is 0.935. The molecular formula is C46H90N2O5. The molecule has 0 aliphatic rings. The Balaban J connectivity index is 3.93. The largest absolute Gasteiger partial charge is 0.480 e. The molecule has 0 rings (SSSR count). The Hall–Kier alpha value is -1.63. The van der Waals surface area contributed by atoms with E-state index in [0.29, 0.717) is 32.2 Å². The van der Waals surface area contributed by atoms with Crippen LogP contribution in [-0.4, -0.2) is 41.6 Å². The number of rotatable bonds is 43. The molecule has 1 amide bonds.